The Balaban J connectivity index is 2.66. The molecule has 1 aromatic rings. The molecule has 0 bridgehead atoms. The summed E-state index contributed by atoms with van der Waals surface area (Å²) in [5.41, 5.74) is 6.10. The number of ether oxygens (including phenoxy) is 1. The predicted octanol–water partition coefficient (Wildman–Crippen LogP) is 1.87. The van der Waals surface area contributed by atoms with Gasteiger partial charge in [-0.1, -0.05) is 17.7 Å². The zero-order chi connectivity index (χ0) is 12.8. The molecule has 0 radical (unpaired) electrons. The van der Waals surface area contributed by atoms with Crippen LogP contribution < -0.4 is 15.8 Å². The third kappa shape index (κ3) is 4.24. The number of nitrogens with one attached hydrogen (secondary N) is 1. The molecule has 0 aliphatic rings. The first kappa shape index (κ1) is 13.8. The van der Waals surface area contributed by atoms with Crippen molar-refractivity contribution < 1.29 is 9.53 Å². The molecule has 1 rings (SSSR count). The Kier molecular flexibility index (Phi) is 5.25. The molecule has 0 aliphatic carbocycles. The normalized spacial score (nSPS) is 12.2. The Bertz CT molecular complexity index is 396. The molecule has 4 nitrogen and oxygen atoms in total. The topological polar surface area (TPSA) is 64.3 Å². The summed E-state index contributed by atoms with van der Waals surface area (Å²) in [6, 6.07) is 5.81. The van der Waals surface area contributed by atoms with Gasteiger partial charge >= 0.3 is 0 Å². The van der Waals surface area contributed by atoms with E-state index in [2.05, 4.69) is 5.32 Å². The second-order valence-electron chi connectivity index (χ2n) is 3.76. The van der Waals surface area contributed by atoms with E-state index in [4.69, 9.17) is 22.1 Å². The van der Waals surface area contributed by atoms with Crippen LogP contribution in [0, 0.1) is 0 Å². The molecule has 0 saturated heterocycles. The second-order valence-corrected chi connectivity index (χ2v) is 4.17. The van der Waals surface area contributed by atoms with Crippen LogP contribution in [-0.2, 0) is 4.79 Å². The molecule has 5 heteroatoms. The van der Waals surface area contributed by atoms with E-state index in [-0.39, 0.29) is 25.0 Å². The summed E-state index contributed by atoms with van der Waals surface area (Å²) < 4.78 is 5.36. The Morgan fingerprint density at radius 1 is 1.59 bits per heavy atom. The molecule has 0 aliphatic heterocycles. The Morgan fingerprint density at radius 3 is 2.82 bits per heavy atom. The van der Waals surface area contributed by atoms with Crippen molar-refractivity contribution in [2.45, 2.75) is 19.4 Å². The van der Waals surface area contributed by atoms with E-state index in [9.17, 15) is 4.79 Å². The van der Waals surface area contributed by atoms with Gasteiger partial charge in [0.25, 0.3) is 0 Å². The van der Waals surface area contributed by atoms with E-state index in [0.717, 1.165) is 5.56 Å². The molecule has 0 fully saturated rings. The van der Waals surface area contributed by atoms with Crippen LogP contribution in [0.2, 0.25) is 5.02 Å². The van der Waals surface area contributed by atoms with E-state index >= 15 is 0 Å². The third-order valence-corrected chi connectivity index (χ3v) is 2.79. The molecule has 0 saturated carbocycles. The number of primary amides is 1. The molecule has 0 aromatic heterocycles. The summed E-state index contributed by atoms with van der Waals surface area (Å²) in [6.07, 6.45) is 0.186. The van der Waals surface area contributed by atoms with Gasteiger partial charge in [0.2, 0.25) is 5.91 Å². The number of rotatable bonds is 6. The van der Waals surface area contributed by atoms with Crippen molar-refractivity contribution in [3.63, 3.8) is 0 Å². The number of hydrogen-bond donors (Lipinski definition) is 2. The molecule has 1 atom stereocenters. The van der Waals surface area contributed by atoms with E-state index in [0.29, 0.717) is 10.8 Å². The minimum atomic E-state index is -0.387. The van der Waals surface area contributed by atoms with Gasteiger partial charge in [-0.15, -0.1) is 0 Å². The van der Waals surface area contributed by atoms with Crippen LogP contribution in [-0.4, -0.2) is 19.6 Å². The molecule has 0 heterocycles. The van der Waals surface area contributed by atoms with Gasteiger partial charge in [0.15, 0.2) is 0 Å². The standard InChI is InChI=1S/C12H17ClN2O2/c1-8(15-2)9-3-4-11(10(13)7-9)17-6-5-12(14)16/h3-4,7-8,15H,5-6H2,1-2H3,(H2,14,16). The van der Waals surface area contributed by atoms with Crippen molar-refractivity contribution in [3.05, 3.63) is 28.8 Å². The number of carbonyl (C=O) groups excluding carboxylic acids is 1. The van der Waals surface area contributed by atoms with Crippen LogP contribution in [0.1, 0.15) is 24.9 Å². The summed E-state index contributed by atoms with van der Waals surface area (Å²) in [6.45, 7) is 2.29. The molecule has 1 aromatic carbocycles. The lowest BCUT2D eigenvalue weighted by Gasteiger charge is -2.13. The second kappa shape index (κ2) is 6.47. The van der Waals surface area contributed by atoms with Gasteiger partial charge < -0.3 is 15.8 Å². The third-order valence-electron chi connectivity index (χ3n) is 2.49. The molecule has 1 amide bonds. The van der Waals surface area contributed by atoms with Crippen LogP contribution in [0.5, 0.6) is 5.75 Å². The first-order valence-electron chi connectivity index (χ1n) is 5.42. The average Bonchev–Trinajstić information content (AvgIpc) is 2.29. The zero-order valence-corrected chi connectivity index (χ0v) is 10.8. The molecule has 1 unspecified atom stereocenters. The Labute approximate surface area is 106 Å². The lowest BCUT2D eigenvalue weighted by molar-refractivity contribution is -0.118. The molecule has 17 heavy (non-hydrogen) atoms. The fraction of sp³-hybridized carbons (Fsp3) is 0.417. The van der Waals surface area contributed by atoms with Crippen molar-refractivity contribution in [2.24, 2.45) is 5.73 Å². The highest BCUT2D eigenvalue weighted by molar-refractivity contribution is 6.32. The molecule has 94 valence electrons. The maximum atomic E-state index is 10.6. The molecular formula is C12H17ClN2O2. The van der Waals surface area contributed by atoms with Crippen LogP contribution in [0.25, 0.3) is 0 Å². The Morgan fingerprint density at radius 2 is 2.29 bits per heavy atom. The number of benzene rings is 1. The maximum absolute atomic E-state index is 10.6. The van der Waals surface area contributed by atoms with Gasteiger partial charge in [-0.3, -0.25) is 4.79 Å². The number of hydrogen-bond acceptors (Lipinski definition) is 3. The van der Waals surface area contributed by atoms with Gasteiger partial charge in [-0.2, -0.15) is 0 Å². The predicted molar refractivity (Wildman–Crippen MR) is 68.2 cm³/mol. The summed E-state index contributed by atoms with van der Waals surface area (Å²) in [5.74, 6) is 0.182. The maximum Gasteiger partial charge on any atom is 0.220 e. The highest BCUT2D eigenvalue weighted by Crippen LogP contribution is 2.27. The van der Waals surface area contributed by atoms with E-state index in [1.54, 1.807) is 6.07 Å². The van der Waals surface area contributed by atoms with Gasteiger partial charge in [0.05, 0.1) is 18.1 Å². The van der Waals surface area contributed by atoms with Gasteiger partial charge in [-0.05, 0) is 31.7 Å². The van der Waals surface area contributed by atoms with E-state index < -0.39 is 0 Å². The van der Waals surface area contributed by atoms with Crippen molar-refractivity contribution in [1.82, 2.24) is 5.32 Å². The highest BCUT2D eigenvalue weighted by Gasteiger charge is 2.07. The fourth-order valence-electron chi connectivity index (χ4n) is 1.33. The highest BCUT2D eigenvalue weighted by atomic mass is 35.5. The minimum Gasteiger partial charge on any atom is -0.491 e. The number of carbonyl (C=O) groups is 1. The van der Waals surface area contributed by atoms with Crippen LogP contribution >= 0.6 is 11.6 Å². The minimum absolute atomic E-state index is 0.186. The summed E-state index contributed by atoms with van der Waals surface area (Å²) in [4.78, 5) is 10.6. The number of nitrogens with two attached hydrogens (primary N) is 1. The zero-order valence-electron chi connectivity index (χ0n) is 10.00. The number of amides is 1. The average molecular weight is 257 g/mol. The van der Waals surface area contributed by atoms with Crippen molar-refractivity contribution in [3.8, 4) is 5.75 Å². The van der Waals surface area contributed by atoms with E-state index in [1.807, 2.05) is 26.1 Å². The van der Waals surface area contributed by atoms with E-state index in [1.165, 1.54) is 0 Å². The van der Waals surface area contributed by atoms with Gasteiger partial charge in [0, 0.05) is 6.04 Å². The van der Waals surface area contributed by atoms with Crippen molar-refractivity contribution in [1.29, 1.82) is 0 Å². The molecule has 3 N–H and O–H groups in total. The first-order chi connectivity index (χ1) is 8.04. The van der Waals surface area contributed by atoms with Gasteiger partial charge in [-0.25, -0.2) is 0 Å². The smallest absolute Gasteiger partial charge is 0.220 e. The van der Waals surface area contributed by atoms with Crippen LogP contribution in [0.3, 0.4) is 0 Å². The quantitative estimate of drug-likeness (QED) is 0.817. The Hall–Kier alpha value is -1.26. The SMILES string of the molecule is CNC(C)c1ccc(OCCC(N)=O)c(Cl)c1. The molecule has 0 spiro atoms. The fourth-order valence-corrected chi connectivity index (χ4v) is 1.58. The van der Waals surface area contributed by atoms with Crippen molar-refractivity contribution >= 4 is 17.5 Å². The number of halogens is 1. The summed E-state index contributed by atoms with van der Waals surface area (Å²) in [7, 11) is 1.88. The summed E-state index contributed by atoms with van der Waals surface area (Å²) >= 11 is 6.08. The lowest BCUT2D eigenvalue weighted by Crippen LogP contribution is -2.15. The monoisotopic (exact) mass is 256 g/mol. The molecular weight excluding hydrogens is 240 g/mol. The van der Waals surface area contributed by atoms with Crippen molar-refractivity contribution in [2.75, 3.05) is 13.7 Å². The van der Waals surface area contributed by atoms with Crippen LogP contribution in [0.15, 0.2) is 18.2 Å². The first-order valence-corrected chi connectivity index (χ1v) is 5.80. The largest absolute Gasteiger partial charge is 0.491 e. The van der Waals surface area contributed by atoms with Crippen LogP contribution in [0.4, 0.5) is 0 Å². The summed E-state index contributed by atoms with van der Waals surface area (Å²) in [5, 5.41) is 3.66. The van der Waals surface area contributed by atoms with Gasteiger partial charge in [0.1, 0.15) is 5.75 Å². The lowest BCUT2D eigenvalue weighted by atomic mass is 10.1.